The molecule has 0 saturated heterocycles. The van der Waals surface area contributed by atoms with Gasteiger partial charge >= 0.3 is 12.1 Å². The third kappa shape index (κ3) is 6.93. The fourth-order valence-corrected chi connectivity index (χ4v) is 2.92. The Morgan fingerprint density at radius 1 is 1.26 bits per heavy atom. The Hall–Kier alpha value is -4.13. The van der Waals surface area contributed by atoms with Crippen LogP contribution in [0.2, 0.25) is 5.02 Å². The molecular weight excluding hydrogens is 497 g/mol. The molecule has 0 aliphatic heterocycles. The van der Waals surface area contributed by atoms with Gasteiger partial charge in [-0.15, -0.1) is 0 Å². The lowest BCUT2D eigenvalue weighted by Crippen LogP contribution is -2.14. The Bertz CT molecular complexity index is 1250. The Morgan fingerprint density at radius 2 is 2.03 bits per heavy atom. The molecule has 1 aromatic heterocycles. The van der Waals surface area contributed by atoms with E-state index in [4.69, 9.17) is 25.9 Å². The number of hydrogen-bond acceptors (Lipinski definition) is 8. The molecule has 0 radical (unpaired) electrons. The molecular formula is C21H16ClF3N4O6. The number of benzene rings is 2. The monoisotopic (exact) mass is 512 g/mol. The summed E-state index contributed by atoms with van der Waals surface area (Å²) in [5.41, 5.74) is -1.29. The Kier molecular flexibility index (Phi) is 7.91. The molecule has 35 heavy (non-hydrogen) atoms. The van der Waals surface area contributed by atoms with Crippen molar-refractivity contribution in [3.63, 3.8) is 0 Å². The lowest BCUT2D eigenvalue weighted by Gasteiger charge is -2.12. The fourth-order valence-electron chi connectivity index (χ4n) is 2.70. The van der Waals surface area contributed by atoms with Gasteiger partial charge in [0.15, 0.2) is 6.73 Å². The van der Waals surface area contributed by atoms with Crippen molar-refractivity contribution in [3.05, 3.63) is 81.1 Å². The smallest absolute Gasteiger partial charge is 0.416 e. The molecule has 0 spiro atoms. The number of alkyl halides is 3. The van der Waals surface area contributed by atoms with Crippen molar-refractivity contribution in [3.8, 4) is 11.5 Å². The van der Waals surface area contributed by atoms with Gasteiger partial charge in [-0.3, -0.25) is 10.1 Å². The van der Waals surface area contributed by atoms with E-state index in [1.165, 1.54) is 29.9 Å². The highest BCUT2D eigenvalue weighted by atomic mass is 35.5. The largest absolute Gasteiger partial charge is 0.456 e. The molecule has 0 saturated carbocycles. The number of aromatic nitrogens is 2. The molecule has 0 bridgehead atoms. The maximum atomic E-state index is 12.8. The zero-order valence-electron chi connectivity index (χ0n) is 17.9. The molecule has 3 aromatic rings. The first kappa shape index (κ1) is 25.5. The third-order valence-corrected chi connectivity index (χ3v) is 4.64. The van der Waals surface area contributed by atoms with Crippen molar-refractivity contribution in [2.45, 2.75) is 19.8 Å². The van der Waals surface area contributed by atoms with Crippen LogP contribution in [0.1, 0.15) is 18.1 Å². The predicted molar refractivity (Wildman–Crippen MR) is 116 cm³/mol. The SMILES string of the molecule is C/C(=N\OCC(=O)OCn1cccn1)c1cc(Oc2ccc(C(F)(F)F)cc2Cl)ccc1[N+](=O)[O-]. The van der Waals surface area contributed by atoms with Gasteiger partial charge in [-0.05, 0) is 43.3 Å². The average molecular weight is 513 g/mol. The zero-order valence-corrected chi connectivity index (χ0v) is 18.6. The first-order valence-corrected chi connectivity index (χ1v) is 10.1. The number of hydrogen-bond donors (Lipinski definition) is 0. The van der Waals surface area contributed by atoms with E-state index in [-0.39, 0.29) is 40.2 Å². The van der Waals surface area contributed by atoms with Gasteiger partial charge in [0.2, 0.25) is 6.61 Å². The fraction of sp³-hybridized carbons (Fsp3) is 0.190. The molecule has 10 nitrogen and oxygen atoms in total. The molecule has 1 heterocycles. The van der Waals surface area contributed by atoms with E-state index in [0.29, 0.717) is 6.07 Å². The minimum atomic E-state index is -4.58. The van der Waals surface area contributed by atoms with Gasteiger partial charge in [0.05, 0.1) is 26.8 Å². The number of oxime groups is 1. The van der Waals surface area contributed by atoms with Crippen LogP contribution < -0.4 is 4.74 Å². The number of nitrogens with zero attached hydrogens (tertiary/aromatic N) is 4. The average Bonchev–Trinajstić information content (AvgIpc) is 3.32. The normalized spacial score (nSPS) is 11.7. The van der Waals surface area contributed by atoms with E-state index >= 15 is 0 Å². The first-order valence-electron chi connectivity index (χ1n) is 9.67. The van der Waals surface area contributed by atoms with Crippen molar-refractivity contribution >= 4 is 29.0 Å². The van der Waals surface area contributed by atoms with Crippen LogP contribution in [0.4, 0.5) is 18.9 Å². The number of nitro groups is 1. The molecule has 0 aliphatic rings. The summed E-state index contributed by atoms with van der Waals surface area (Å²) < 4.78 is 50.3. The number of carbonyl (C=O) groups excluding carboxylic acids is 1. The molecule has 0 fully saturated rings. The van der Waals surface area contributed by atoms with E-state index in [9.17, 15) is 28.1 Å². The standard InChI is InChI=1S/C21H16ClF3N4O6/c1-13(27-34-11-20(30)33-12-28-8-2-7-26-28)16-10-15(4-5-18(16)29(31)32)35-19-6-3-14(9-17(19)22)21(23,24)25/h2-10H,11-12H2,1H3/b27-13+. The maximum absolute atomic E-state index is 12.8. The Morgan fingerprint density at radius 3 is 2.66 bits per heavy atom. The topological polar surface area (TPSA) is 118 Å². The van der Waals surface area contributed by atoms with E-state index in [1.807, 2.05) is 0 Å². The van der Waals surface area contributed by atoms with Crippen LogP contribution in [0.25, 0.3) is 0 Å². The van der Waals surface area contributed by atoms with Gasteiger partial charge in [-0.2, -0.15) is 18.3 Å². The zero-order chi connectivity index (χ0) is 25.6. The van der Waals surface area contributed by atoms with Crippen molar-refractivity contribution in [2.24, 2.45) is 5.16 Å². The molecule has 3 rings (SSSR count). The highest BCUT2D eigenvalue weighted by molar-refractivity contribution is 6.32. The Balaban J connectivity index is 1.72. The van der Waals surface area contributed by atoms with E-state index in [2.05, 4.69) is 10.3 Å². The summed E-state index contributed by atoms with van der Waals surface area (Å²) in [7, 11) is 0. The second kappa shape index (κ2) is 10.9. The van der Waals surface area contributed by atoms with Crippen LogP contribution in [0.3, 0.4) is 0 Å². The van der Waals surface area contributed by atoms with Gasteiger partial charge in [-0.1, -0.05) is 16.8 Å². The minimum Gasteiger partial charge on any atom is -0.456 e. The third-order valence-electron chi connectivity index (χ3n) is 4.34. The highest BCUT2D eigenvalue weighted by Gasteiger charge is 2.31. The van der Waals surface area contributed by atoms with Gasteiger partial charge in [-0.25, -0.2) is 9.48 Å². The molecule has 0 amide bonds. The van der Waals surface area contributed by atoms with Crippen LogP contribution in [0.5, 0.6) is 11.5 Å². The summed E-state index contributed by atoms with van der Waals surface area (Å²) in [6.45, 7) is 0.700. The van der Waals surface area contributed by atoms with Gasteiger partial charge in [0.1, 0.15) is 11.5 Å². The quantitative estimate of drug-likeness (QED) is 0.167. The van der Waals surface area contributed by atoms with Crippen molar-refractivity contribution in [2.75, 3.05) is 6.61 Å². The number of carbonyl (C=O) groups is 1. The second-order valence-electron chi connectivity index (χ2n) is 6.82. The van der Waals surface area contributed by atoms with Gasteiger partial charge in [0, 0.05) is 18.5 Å². The number of esters is 1. The lowest BCUT2D eigenvalue weighted by molar-refractivity contribution is -0.385. The van der Waals surface area contributed by atoms with Crippen LogP contribution in [-0.2, 0) is 27.3 Å². The number of nitro benzene ring substituents is 1. The van der Waals surface area contributed by atoms with Gasteiger partial charge < -0.3 is 14.3 Å². The van der Waals surface area contributed by atoms with Gasteiger partial charge in [0.25, 0.3) is 5.69 Å². The summed E-state index contributed by atoms with van der Waals surface area (Å²) in [5, 5.41) is 18.7. The van der Waals surface area contributed by atoms with Crippen LogP contribution >= 0.6 is 11.6 Å². The summed E-state index contributed by atoms with van der Waals surface area (Å²) in [6, 6.07) is 7.79. The first-order chi connectivity index (χ1) is 16.5. The molecule has 184 valence electrons. The Labute approximate surface area is 200 Å². The summed E-state index contributed by atoms with van der Waals surface area (Å²) in [6.07, 6.45) is -1.49. The van der Waals surface area contributed by atoms with Crippen molar-refractivity contribution in [1.82, 2.24) is 9.78 Å². The number of ether oxygens (including phenoxy) is 2. The number of halogens is 4. The molecule has 0 atom stereocenters. The minimum absolute atomic E-state index is 0.0135. The van der Waals surface area contributed by atoms with Crippen LogP contribution in [0.15, 0.2) is 60.0 Å². The summed E-state index contributed by atoms with van der Waals surface area (Å²) in [5.74, 6) is -0.800. The predicted octanol–water partition coefficient (Wildman–Crippen LogP) is 5.20. The highest BCUT2D eigenvalue weighted by Crippen LogP contribution is 2.37. The molecule has 0 unspecified atom stereocenters. The number of rotatable bonds is 9. The van der Waals surface area contributed by atoms with E-state index in [1.54, 1.807) is 12.3 Å². The molecule has 0 aliphatic carbocycles. The maximum Gasteiger partial charge on any atom is 0.416 e. The van der Waals surface area contributed by atoms with Crippen molar-refractivity contribution < 1.29 is 37.2 Å². The van der Waals surface area contributed by atoms with Crippen LogP contribution in [-0.4, -0.2) is 33.0 Å². The van der Waals surface area contributed by atoms with E-state index < -0.39 is 29.2 Å². The second-order valence-corrected chi connectivity index (χ2v) is 7.23. The summed E-state index contributed by atoms with van der Waals surface area (Å²) >= 11 is 5.90. The lowest BCUT2D eigenvalue weighted by atomic mass is 10.1. The summed E-state index contributed by atoms with van der Waals surface area (Å²) in [4.78, 5) is 27.4. The molecule has 14 heteroatoms. The van der Waals surface area contributed by atoms with Crippen LogP contribution in [0, 0.1) is 10.1 Å². The molecule has 2 aromatic carbocycles. The van der Waals surface area contributed by atoms with E-state index in [0.717, 1.165) is 18.2 Å². The van der Waals surface area contributed by atoms with Crippen molar-refractivity contribution in [1.29, 1.82) is 0 Å². The molecule has 0 N–H and O–H groups in total.